The monoisotopic (exact) mass is 305 g/mol. The molecule has 0 aliphatic rings. The number of nitrogens with zero attached hydrogens (tertiary/aromatic N) is 2. The lowest BCUT2D eigenvalue weighted by Crippen LogP contribution is -2.22. The van der Waals surface area contributed by atoms with Gasteiger partial charge in [0.25, 0.3) is 0 Å². The van der Waals surface area contributed by atoms with E-state index in [0.29, 0.717) is 11.3 Å². The van der Waals surface area contributed by atoms with E-state index in [1.54, 1.807) is 23.1 Å². The molecule has 1 amide bonds. The van der Waals surface area contributed by atoms with Crippen LogP contribution in [0.5, 0.6) is 0 Å². The number of hydrogen-bond acceptors (Lipinski definition) is 3. The Morgan fingerprint density at radius 3 is 2.77 bits per heavy atom. The summed E-state index contributed by atoms with van der Waals surface area (Å²) >= 11 is 0. The fraction of sp³-hybridized carbons (Fsp3) is 0.375. The minimum absolute atomic E-state index is 0.149. The van der Waals surface area contributed by atoms with Gasteiger partial charge >= 0.3 is 0 Å². The summed E-state index contributed by atoms with van der Waals surface area (Å²) in [5.74, 6) is -0.798. The first-order valence-corrected chi connectivity index (χ1v) is 7.04. The van der Waals surface area contributed by atoms with Crippen LogP contribution in [-0.2, 0) is 10.3 Å². The van der Waals surface area contributed by atoms with E-state index in [1.807, 2.05) is 20.8 Å². The van der Waals surface area contributed by atoms with E-state index in [1.165, 1.54) is 18.2 Å². The summed E-state index contributed by atoms with van der Waals surface area (Å²) in [6, 6.07) is 5.59. The molecule has 5 nitrogen and oxygen atoms in total. The summed E-state index contributed by atoms with van der Waals surface area (Å²) in [5, 5.41) is 16.8. The van der Waals surface area contributed by atoms with Gasteiger partial charge in [0.15, 0.2) is 0 Å². The maximum absolute atomic E-state index is 13.1. The summed E-state index contributed by atoms with van der Waals surface area (Å²) in [6.45, 7) is 6.00. The summed E-state index contributed by atoms with van der Waals surface area (Å²) in [4.78, 5) is 11.9. The molecule has 1 atom stereocenters. The van der Waals surface area contributed by atoms with Crippen molar-refractivity contribution in [2.45, 2.75) is 38.8 Å². The minimum atomic E-state index is -1.05. The van der Waals surface area contributed by atoms with Gasteiger partial charge in [-0.1, -0.05) is 12.1 Å². The molecule has 22 heavy (non-hydrogen) atoms. The number of amides is 1. The lowest BCUT2D eigenvalue weighted by atomic mass is 10.1. The zero-order chi connectivity index (χ0) is 16.3. The van der Waals surface area contributed by atoms with E-state index in [2.05, 4.69) is 10.4 Å². The van der Waals surface area contributed by atoms with E-state index >= 15 is 0 Å². The van der Waals surface area contributed by atoms with E-state index in [-0.39, 0.29) is 17.9 Å². The van der Waals surface area contributed by atoms with Crippen LogP contribution in [-0.4, -0.2) is 20.8 Å². The molecule has 0 aliphatic heterocycles. The van der Waals surface area contributed by atoms with Crippen molar-refractivity contribution < 1.29 is 14.3 Å². The third-order valence-electron chi connectivity index (χ3n) is 3.17. The summed E-state index contributed by atoms with van der Waals surface area (Å²) in [7, 11) is 0. The Hall–Kier alpha value is -2.21. The predicted molar refractivity (Wildman–Crippen MR) is 81.8 cm³/mol. The Morgan fingerprint density at radius 2 is 2.18 bits per heavy atom. The maximum atomic E-state index is 13.1. The molecule has 2 N–H and O–H groups in total. The Morgan fingerprint density at radius 1 is 1.45 bits per heavy atom. The standard InChI is InChI=1S/C16H20FN3O2/c1-16(2,3)20-10-13(9-18-20)19-15(22)8-14(21)11-5-4-6-12(17)7-11/h4-7,9-10,14,21H,8H2,1-3H3,(H,19,22). The van der Waals surface area contributed by atoms with Crippen LogP contribution in [0.15, 0.2) is 36.7 Å². The summed E-state index contributed by atoms with van der Waals surface area (Å²) < 4.78 is 14.8. The molecule has 6 heteroatoms. The van der Waals surface area contributed by atoms with Crippen molar-refractivity contribution in [3.8, 4) is 0 Å². The molecular formula is C16H20FN3O2. The summed E-state index contributed by atoms with van der Waals surface area (Å²) in [5.41, 5.74) is 0.760. The average Bonchev–Trinajstić information content (AvgIpc) is 2.87. The van der Waals surface area contributed by atoms with Gasteiger partial charge in [-0.3, -0.25) is 9.48 Å². The lowest BCUT2D eigenvalue weighted by molar-refractivity contribution is -0.118. The van der Waals surface area contributed by atoms with Gasteiger partial charge in [0.05, 0.1) is 29.9 Å². The molecule has 0 fully saturated rings. The average molecular weight is 305 g/mol. The lowest BCUT2D eigenvalue weighted by Gasteiger charge is -2.18. The number of aliphatic hydroxyl groups is 1. The van der Waals surface area contributed by atoms with Crippen LogP contribution < -0.4 is 5.32 Å². The first-order valence-electron chi connectivity index (χ1n) is 7.04. The molecule has 0 spiro atoms. The fourth-order valence-electron chi connectivity index (χ4n) is 1.97. The van der Waals surface area contributed by atoms with Crippen LogP contribution >= 0.6 is 0 Å². The van der Waals surface area contributed by atoms with Crippen LogP contribution in [0.25, 0.3) is 0 Å². The third kappa shape index (κ3) is 4.14. The van der Waals surface area contributed by atoms with E-state index in [4.69, 9.17) is 0 Å². The SMILES string of the molecule is CC(C)(C)n1cc(NC(=O)CC(O)c2cccc(F)c2)cn1. The molecule has 1 aromatic heterocycles. The van der Waals surface area contributed by atoms with E-state index in [9.17, 15) is 14.3 Å². The van der Waals surface area contributed by atoms with Gasteiger partial charge in [-0.2, -0.15) is 5.10 Å². The number of carbonyl (C=O) groups is 1. The van der Waals surface area contributed by atoms with Crippen molar-refractivity contribution in [1.29, 1.82) is 0 Å². The zero-order valence-electron chi connectivity index (χ0n) is 12.9. The zero-order valence-corrected chi connectivity index (χ0v) is 12.9. The molecule has 0 bridgehead atoms. The Kier molecular flexibility index (Phi) is 4.61. The topological polar surface area (TPSA) is 67.2 Å². The Bertz CT molecular complexity index is 661. The van der Waals surface area contributed by atoms with Crippen molar-refractivity contribution in [2.75, 3.05) is 5.32 Å². The van der Waals surface area contributed by atoms with Crippen LogP contribution in [0.3, 0.4) is 0 Å². The van der Waals surface area contributed by atoms with Crippen LogP contribution in [0, 0.1) is 5.82 Å². The molecule has 0 aliphatic carbocycles. The number of anilines is 1. The summed E-state index contributed by atoms with van der Waals surface area (Å²) in [6.07, 6.45) is 2.09. The number of nitrogens with one attached hydrogen (secondary N) is 1. The fourth-order valence-corrected chi connectivity index (χ4v) is 1.97. The van der Waals surface area contributed by atoms with Gasteiger partial charge < -0.3 is 10.4 Å². The van der Waals surface area contributed by atoms with Crippen molar-refractivity contribution in [3.63, 3.8) is 0 Å². The largest absolute Gasteiger partial charge is 0.388 e. The quantitative estimate of drug-likeness (QED) is 0.912. The first kappa shape index (κ1) is 16.2. The van der Waals surface area contributed by atoms with E-state index < -0.39 is 11.9 Å². The third-order valence-corrected chi connectivity index (χ3v) is 3.17. The number of hydrogen-bond donors (Lipinski definition) is 2. The maximum Gasteiger partial charge on any atom is 0.227 e. The molecule has 1 aromatic carbocycles. The number of carbonyl (C=O) groups excluding carboxylic acids is 1. The van der Waals surface area contributed by atoms with E-state index in [0.717, 1.165) is 0 Å². The van der Waals surface area contributed by atoms with Gasteiger partial charge in [0.2, 0.25) is 5.91 Å². The second-order valence-electron chi connectivity index (χ2n) is 6.17. The van der Waals surface area contributed by atoms with Gasteiger partial charge in [0, 0.05) is 6.20 Å². The molecule has 0 saturated carbocycles. The molecular weight excluding hydrogens is 285 g/mol. The van der Waals surface area contributed by atoms with Crippen molar-refractivity contribution >= 4 is 11.6 Å². The van der Waals surface area contributed by atoms with Crippen LogP contribution in [0.1, 0.15) is 38.9 Å². The second-order valence-corrected chi connectivity index (χ2v) is 6.17. The molecule has 118 valence electrons. The highest BCUT2D eigenvalue weighted by atomic mass is 19.1. The number of aliphatic hydroxyl groups excluding tert-OH is 1. The van der Waals surface area contributed by atoms with Gasteiger partial charge in [0.1, 0.15) is 5.82 Å². The minimum Gasteiger partial charge on any atom is -0.388 e. The van der Waals surface area contributed by atoms with Crippen molar-refractivity contribution in [2.24, 2.45) is 0 Å². The highest BCUT2D eigenvalue weighted by molar-refractivity contribution is 5.90. The van der Waals surface area contributed by atoms with Gasteiger partial charge in [-0.15, -0.1) is 0 Å². The normalized spacial score (nSPS) is 13.0. The predicted octanol–water partition coefficient (Wildman–Crippen LogP) is 2.84. The highest BCUT2D eigenvalue weighted by Gasteiger charge is 2.17. The molecule has 1 heterocycles. The second kappa shape index (κ2) is 6.27. The smallest absolute Gasteiger partial charge is 0.227 e. The van der Waals surface area contributed by atoms with Gasteiger partial charge in [-0.25, -0.2) is 4.39 Å². The van der Waals surface area contributed by atoms with Crippen molar-refractivity contribution in [3.05, 3.63) is 48.0 Å². The Balaban J connectivity index is 1.97. The number of aromatic nitrogens is 2. The van der Waals surface area contributed by atoms with Crippen LogP contribution in [0.2, 0.25) is 0 Å². The highest BCUT2D eigenvalue weighted by Crippen LogP contribution is 2.19. The number of halogens is 1. The van der Waals surface area contributed by atoms with Crippen LogP contribution in [0.4, 0.5) is 10.1 Å². The number of rotatable bonds is 4. The number of benzene rings is 1. The molecule has 2 rings (SSSR count). The molecule has 0 saturated heterocycles. The Labute approximate surface area is 128 Å². The molecule has 0 radical (unpaired) electrons. The molecule has 2 aromatic rings. The first-order chi connectivity index (χ1) is 10.3. The molecule has 1 unspecified atom stereocenters. The van der Waals surface area contributed by atoms with Crippen molar-refractivity contribution in [1.82, 2.24) is 9.78 Å². The van der Waals surface area contributed by atoms with Gasteiger partial charge in [-0.05, 0) is 38.5 Å².